The van der Waals surface area contributed by atoms with Gasteiger partial charge in [-0.25, -0.2) is 14.5 Å². The van der Waals surface area contributed by atoms with Gasteiger partial charge >= 0.3 is 5.69 Å². The third-order valence-corrected chi connectivity index (χ3v) is 2.48. The van der Waals surface area contributed by atoms with Crippen molar-refractivity contribution >= 4 is 11.9 Å². The van der Waals surface area contributed by atoms with E-state index in [9.17, 15) is 14.4 Å². The molecule has 2 rings (SSSR count). The summed E-state index contributed by atoms with van der Waals surface area (Å²) in [6.07, 6.45) is 1.27. The van der Waals surface area contributed by atoms with Crippen molar-refractivity contribution in [2.45, 2.75) is 13.5 Å². The first kappa shape index (κ1) is 12.7. The molecular formula is C10H12N6O3. The summed E-state index contributed by atoms with van der Waals surface area (Å²) in [6.45, 7) is 1.41. The van der Waals surface area contributed by atoms with Gasteiger partial charge in [0.05, 0.1) is 0 Å². The second kappa shape index (κ2) is 4.88. The number of aromatic nitrogens is 5. The van der Waals surface area contributed by atoms with Crippen LogP contribution in [0.1, 0.15) is 5.82 Å². The Morgan fingerprint density at radius 1 is 1.47 bits per heavy atom. The van der Waals surface area contributed by atoms with Crippen LogP contribution in [0.5, 0.6) is 0 Å². The van der Waals surface area contributed by atoms with Gasteiger partial charge in [0.25, 0.3) is 5.56 Å². The molecule has 2 aromatic heterocycles. The van der Waals surface area contributed by atoms with Crippen LogP contribution < -0.4 is 16.6 Å². The Balaban J connectivity index is 2.12. The summed E-state index contributed by atoms with van der Waals surface area (Å²) < 4.78 is 2.36. The number of hydrogen-bond acceptors (Lipinski definition) is 5. The van der Waals surface area contributed by atoms with Crippen LogP contribution in [0.25, 0.3) is 0 Å². The van der Waals surface area contributed by atoms with E-state index < -0.39 is 5.91 Å². The second-order valence-electron chi connectivity index (χ2n) is 3.88. The third-order valence-electron chi connectivity index (χ3n) is 2.48. The molecule has 9 heteroatoms. The van der Waals surface area contributed by atoms with Gasteiger partial charge in [-0.15, -0.1) is 0 Å². The first-order chi connectivity index (χ1) is 8.97. The maximum Gasteiger partial charge on any atom is 0.346 e. The highest BCUT2D eigenvalue weighted by atomic mass is 16.2. The summed E-state index contributed by atoms with van der Waals surface area (Å²) in [5, 5.41) is 6.30. The highest BCUT2D eigenvalue weighted by molar-refractivity contribution is 5.88. The Labute approximate surface area is 106 Å². The highest BCUT2D eigenvalue weighted by Crippen LogP contribution is 1.92. The van der Waals surface area contributed by atoms with Crippen LogP contribution in [0.4, 0.5) is 5.95 Å². The Hall–Kier alpha value is -2.71. The molecule has 1 amide bonds. The van der Waals surface area contributed by atoms with E-state index in [-0.39, 0.29) is 23.7 Å². The number of nitrogens with zero attached hydrogens (tertiary/aromatic N) is 4. The zero-order valence-electron chi connectivity index (χ0n) is 10.4. The van der Waals surface area contributed by atoms with Crippen LogP contribution in [0.2, 0.25) is 0 Å². The van der Waals surface area contributed by atoms with Crippen LogP contribution in [0, 0.1) is 6.92 Å². The number of H-pyrrole nitrogens is 1. The number of aryl methyl sites for hydroxylation is 1. The fourth-order valence-corrected chi connectivity index (χ4v) is 1.44. The quantitative estimate of drug-likeness (QED) is 0.708. The van der Waals surface area contributed by atoms with Gasteiger partial charge in [0.15, 0.2) is 0 Å². The van der Waals surface area contributed by atoms with Crippen molar-refractivity contribution in [2.24, 2.45) is 7.05 Å². The number of hydrogen-bond donors (Lipinski definition) is 2. The summed E-state index contributed by atoms with van der Waals surface area (Å²) >= 11 is 0. The SMILES string of the molecule is Cc1nn(CC(=O)Nc2nccc(=O)[nH]2)c(=O)n1C. The Kier molecular flexibility index (Phi) is 3.27. The van der Waals surface area contributed by atoms with Crippen molar-refractivity contribution in [3.8, 4) is 0 Å². The van der Waals surface area contributed by atoms with Crippen molar-refractivity contribution in [3.63, 3.8) is 0 Å². The number of carbonyl (C=O) groups excluding carboxylic acids is 1. The van der Waals surface area contributed by atoms with Gasteiger partial charge in [-0.1, -0.05) is 0 Å². The minimum absolute atomic E-state index is 0.0261. The molecular weight excluding hydrogens is 252 g/mol. The average Bonchev–Trinajstić information content (AvgIpc) is 2.57. The molecule has 0 unspecified atom stereocenters. The van der Waals surface area contributed by atoms with E-state index in [0.29, 0.717) is 5.82 Å². The van der Waals surface area contributed by atoms with Crippen molar-refractivity contribution in [1.82, 2.24) is 24.3 Å². The van der Waals surface area contributed by atoms with Crippen LogP contribution in [-0.4, -0.2) is 30.2 Å². The van der Waals surface area contributed by atoms with Gasteiger partial charge in [-0.05, 0) is 6.92 Å². The Morgan fingerprint density at radius 3 is 2.79 bits per heavy atom. The lowest BCUT2D eigenvalue weighted by atomic mass is 10.6. The molecule has 0 saturated heterocycles. The summed E-state index contributed by atoms with van der Waals surface area (Å²) in [5.74, 6) is 0.0248. The molecule has 2 aromatic rings. The summed E-state index contributed by atoms with van der Waals surface area (Å²) in [7, 11) is 1.56. The lowest BCUT2D eigenvalue weighted by Crippen LogP contribution is -2.30. The number of carbonyl (C=O) groups is 1. The third kappa shape index (κ3) is 2.76. The maximum atomic E-state index is 11.7. The normalized spacial score (nSPS) is 10.4. The van der Waals surface area contributed by atoms with E-state index in [1.54, 1.807) is 14.0 Å². The van der Waals surface area contributed by atoms with Gasteiger partial charge in [0, 0.05) is 19.3 Å². The molecule has 0 aliphatic rings. The molecule has 0 atom stereocenters. The molecule has 19 heavy (non-hydrogen) atoms. The number of anilines is 1. The Bertz CT molecular complexity index is 725. The van der Waals surface area contributed by atoms with Crippen LogP contribution in [0.15, 0.2) is 21.9 Å². The van der Waals surface area contributed by atoms with Crippen molar-refractivity contribution in [3.05, 3.63) is 38.9 Å². The monoisotopic (exact) mass is 264 g/mol. The molecule has 100 valence electrons. The first-order valence-corrected chi connectivity index (χ1v) is 5.43. The minimum atomic E-state index is -0.505. The molecule has 2 N–H and O–H groups in total. The van der Waals surface area contributed by atoms with Crippen molar-refractivity contribution in [1.29, 1.82) is 0 Å². The predicted molar refractivity (Wildman–Crippen MR) is 65.7 cm³/mol. The molecule has 0 saturated carbocycles. The molecule has 0 radical (unpaired) electrons. The molecule has 0 aromatic carbocycles. The number of rotatable bonds is 3. The fraction of sp³-hybridized carbons (Fsp3) is 0.300. The molecule has 0 aliphatic carbocycles. The van der Waals surface area contributed by atoms with Gasteiger partial charge < -0.3 is 0 Å². The molecule has 0 fully saturated rings. The van der Waals surface area contributed by atoms with Crippen molar-refractivity contribution in [2.75, 3.05) is 5.32 Å². The predicted octanol–water partition coefficient (Wildman–Crippen LogP) is -1.39. The van der Waals surface area contributed by atoms with Gasteiger partial charge in [-0.2, -0.15) is 5.10 Å². The smallest absolute Gasteiger partial charge is 0.294 e. The summed E-state index contributed by atoms with van der Waals surface area (Å²) in [4.78, 5) is 40.4. The molecule has 0 aliphatic heterocycles. The van der Waals surface area contributed by atoms with Crippen LogP contribution in [-0.2, 0) is 18.4 Å². The van der Waals surface area contributed by atoms with Crippen LogP contribution in [0.3, 0.4) is 0 Å². The number of aromatic amines is 1. The standard InChI is InChI=1S/C10H12N6O3/c1-6-14-16(10(19)15(6)2)5-8(18)13-9-11-4-3-7(17)12-9/h3-4H,5H2,1-2H3,(H2,11,12,13,17,18). The van der Waals surface area contributed by atoms with E-state index in [1.807, 2.05) is 0 Å². The lowest BCUT2D eigenvalue weighted by molar-refractivity contribution is -0.117. The van der Waals surface area contributed by atoms with Gasteiger partial charge in [0.2, 0.25) is 11.9 Å². The number of nitrogens with one attached hydrogen (secondary N) is 2. The van der Waals surface area contributed by atoms with E-state index in [1.165, 1.54) is 16.8 Å². The van der Waals surface area contributed by atoms with Crippen molar-refractivity contribution < 1.29 is 4.79 Å². The minimum Gasteiger partial charge on any atom is -0.294 e. The summed E-state index contributed by atoms with van der Waals surface area (Å²) in [5.41, 5.74) is -0.765. The molecule has 0 spiro atoms. The lowest BCUT2D eigenvalue weighted by Gasteiger charge is -2.02. The van der Waals surface area contributed by atoms with Gasteiger partial charge in [-0.3, -0.25) is 24.5 Å². The fourth-order valence-electron chi connectivity index (χ4n) is 1.44. The average molecular weight is 264 g/mol. The van der Waals surface area contributed by atoms with E-state index in [2.05, 4.69) is 20.4 Å². The maximum absolute atomic E-state index is 11.7. The summed E-state index contributed by atoms with van der Waals surface area (Å²) in [6, 6.07) is 1.22. The van der Waals surface area contributed by atoms with Gasteiger partial charge in [0.1, 0.15) is 12.4 Å². The topological polar surface area (TPSA) is 115 Å². The zero-order chi connectivity index (χ0) is 14.0. The van der Waals surface area contributed by atoms with E-state index in [4.69, 9.17) is 0 Å². The van der Waals surface area contributed by atoms with E-state index in [0.717, 1.165) is 4.68 Å². The Morgan fingerprint density at radius 2 is 2.21 bits per heavy atom. The molecule has 0 bridgehead atoms. The highest BCUT2D eigenvalue weighted by Gasteiger charge is 2.11. The molecule has 9 nitrogen and oxygen atoms in total. The largest absolute Gasteiger partial charge is 0.346 e. The molecule has 2 heterocycles. The van der Waals surface area contributed by atoms with E-state index >= 15 is 0 Å². The first-order valence-electron chi connectivity index (χ1n) is 5.43. The second-order valence-corrected chi connectivity index (χ2v) is 3.88. The number of amides is 1. The van der Waals surface area contributed by atoms with Crippen LogP contribution >= 0.6 is 0 Å². The zero-order valence-corrected chi connectivity index (χ0v) is 10.4.